The molecule has 0 bridgehead atoms. The van der Waals surface area contributed by atoms with Crippen molar-refractivity contribution in [2.75, 3.05) is 5.32 Å². The first-order valence-corrected chi connectivity index (χ1v) is 6.64. The van der Waals surface area contributed by atoms with E-state index in [1.165, 1.54) is 6.26 Å². The molecule has 2 rings (SSSR count). The van der Waals surface area contributed by atoms with Crippen LogP contribution in [0, 0.1) is 6.92 Å². The molecule has 3 N–H and O–H groups in total. The Kier molecular flexibility index (Phi) is 4.01. The Labute approximate surface area is 124 Å². The van der Waals surface area contributed by atoms with Gasteiger partial charge in [-0.25, -0.2) is 0 Å². The summed E-state index contributed by atoms with van der Waals surface area (Å²) in [5, 5.41) is 2.75. The number of thiocarbonyl (C=S) groups is 1. The molecule has 98 valence electrons. The largest absolute Gasteiger partial charge is 0.459 e. The Morgan fingerprint density at radius 1 is 1.42 bits per heavy atom. The number of aryl methyl sites for hydroxylation is 1. The maximum atomic E-state index is 12.1. The molecule has 1 amide bonds. The first-order chi connectivity index (χ1) is 8.99. The van der Waals surface area contributed by atoms with E-state index in [9.17, 15) is 4.79 Å². The highest BCUT2D eigenvalue weighted by molar-refractivity contribution is 9.10. The van der Waals surface area contributed by atoms with Crippen molar-refractivity contribution in [1.82, 2.24) is 0 Å². The number of rotatable bonds is 3. The number of carbonyl (C=O) groups is 1. The minimum atomic E-state index is -0.335. The van der Waals surface area contributed by atoms with Gasteiger partial charge in [0.2, 0.25) is 0 Å². The molecule has 0 aliphatic heterocycles. The second kappa shape index (κ2) is 5.54. The van der Waals surface area contributed by atoms with E-state index in [1.54, 1.807) is 25.1 Å². The summed E-state index contributed by atoms with van der Waals surface area (Å²) in [7, 11) is 0. The highest BCUT2D eigenvalue weighted by atomic mass is 79.9. The molecule has 1 aromatic heterocycles. The van der Waals surface area contributed by atoms with Gasteiger partial charge in [-0.15, -0.1) is 0 Å². The molecule has 6 heteroatoms. The zero-order valence-corrected chi connectivity index (χ0v) is 12.5. The number of hydrogen-bond donors (Lipinski definition) is 2. The van der Waals surface area contributed by atoms with Gasteiger partial charge in [0.1, 0.15) is 4.99 Å². The molecule has 0 fully saturated rings. The molecule has 1 aromatic carbocycles. The monoisotopic (exact) mass is 338 g/mol. The number of halogens is 1. The third kappa shape index (κ3) is 3.02. The Balaban J connectivity index is 2.33. The van der Waals surface area contributed by atoms with Gasteiger partial charge >= 0.3 is 0 Å². The zero-order chi connectivity index (χ0) is 14.0. The van der Waals surface area contributed by atoms with Crippen molar-refractivity contribution in [3.05, 3.63) is 51.9 Å². The van der Waals surface area contributed by atoms with E-state index in [-0.39, 0.29) is 16.7 Å². The van der Waals surface area contributed by atoms with Gasteiger partial charge in [0, 0.05) is 15.6 Å². The maximum Gasteiger partial charge on any atom is 0.291 e. The summed E-state index contributed by atoms with van der Waals surface area (Å²) >= 11 is 8.30. The summed E-state index contributed by atoms with van der Waals surface area (Å²) < 4.78 is 5.96. The minimum Gasteiger partial charge on any atom is -0.459 e. The van der Waals surface area contributed by atoms with Crippen LogP contribution in [-0.2, 0) is 0 Å². The first-order valence-electron chi connectivity index (χ1n) is 5.44. The van der Waals surface area contributed by atoms with E-state index in [0.29, 0.717) is 11.3 Å². The number of furan rings is 1. The average Bonchev–Trinajstić information content (AvgIpc) is 2.75. The van der Waals surface area contributed by atoms with E-state index < -0.39 is 0 Å². The van der Waals surface area contributed by atoms with E-state index in [2.05, 4.69) is 21.2 Å². The van der Waals surface area contributed by atoms with Crippen LogP contribution in [-0.4, -0.2) is 10.9 Å². The smallest absolute Gasteiger partial charge is 0.291 e. The van der Waals surface area contributed by atoms with Gasteiger partial charge in [0.25, 0.3) is 5.91 Å². The van der Waals surface area contributed by atoms with Gasteiger partial charge in [-0.05, 0) is 31.2 Å². The van der Waals surface area contributed by atoms with Crippen LogP contribution in [0.1, 0.15) is 21.7 Å². The lowest BCUT2D eigenvalue weighted by molar-refractivity contribution is 0.0996. The summed E-state index contributed by atoms with van der Waals surface area (Å²) in [6.07, 6.45) is 1.47. The second-order valence-corrected chi connectivity index (χ2v) is 5.30. The fourth-order valence-corrected chi connectivity index (χ4v) is 2.16. The van der Waals surface area contributed by atoms with E-state index >= 15 is 0 Å². The van der Waals surface area contributed by atoms with Crippen molar-refractivity contribution >= 4 is 44.7 Å². The molecule has 0 atom stereocenters. The molecule has 2 aromatic rings. The van der Waals surface area contributed by atoms with Crippen LogP contribution in [0.5, 0.6) is 0 Å². The van der Waals surface area contributed by atoms with Crippen LogP contribution >= 0.6 is 28.1 Å². The molecular formula is C13H11BrN2O2S. The lowest BCUT2D eigenvalue weighted by Crippen LogP contribution is -2.17. The molecule has 0 saturated heterocycles. The number of amides is 1. The van der Waals surface area contributed by atoms with E-state index in [4.69, 9.17) is 22.4 Å². The third-order valence-electron chi connectivity index (χ3n) is 2.56. The van der Waals surface area contributed by atoms with Crippen molar-refractivity contribution in [3.8, 4) is 0 Å². The number of nitrogens with one attached hydrogen (secondary N) is 1. The Bertz CT molecular complexity index is 652. The fourth-order valence-electron chi connectivity index (χ4n) is 1.62. The third-order valence-corrected chi connectivity index (χ3v) is 3.28. The summed E-state index contributed by atoms with van der Waals surface area (Å²) in [6, 6.07) is 7.02. The van der Waals surface area contributed by atoms with Gasteiger partial charge in [-0.3, -0.25) is 4.79 Å². The number of benzene rings is 1. The Hall–Kier alpha value is -1.66. The summed E-state index contributed by atoms with van der Waals surface area (Å²) in [6.45, 7) is 1.80. The predicted octanol–water partition coefficient (Wildman–Crippen LogP) is 3.24. The molecule has 0 spiro atoms. The van der Waals surface area contributed by atoms with Crippen LogP contribution in [0.15, 0.2) is 39.4 Å². The SMILES string of the molecule is Cc1ccoc1C(=O)Nc1cc(Br)ccc1C(N)=S. The van der Waals surface area contributed by atoms with Gasteiger partial charge < -0.3 is 15.5 Å². The van der Waals surface area contributed by atoms with Crippen molar-refractivity contribution in [1.29, 1.82) is 0 Å². The summed E-state index contributed by atoms with van der Waals surface area (Å²) in [4.78, 5) is 12.3. The molecule has 0 aliphatic carbocycles. The van der Waals surface area contributed by atoms with Crippen LogP contribution in [0.4, 0.5) is 5.69 Å². The van der Waals surface area contributed by atoms with Crippen LogP contribution < -0.4 is 11.1 Å². The quantitative estimate of drug-likeness (QED) is 0.843. The molecule has 0 unspecified atom stereocenters. The molecule has 0 radical (unpaired) electrons. The van der Waals surface area contributed by atoms with Crippen LogP contribution in [0.25, 0.3) is 0 Å². The van der Waals surface area contributed by atoms with E-state index in [1.807, 2.05) is 6.07 Å². The summed E-state index contributed by atoms with van der Waals surface area (Å²) in [5.41, 5.74) is 7.55. The number of hydrogen-bond acceptors (Lipinski definition) is 3. The molecule has 0 aliphatic rings. The Morgan fingerprint density at radius 2 is 2.16 bits per heavy atom. The molecule has 19 heavy (non-hydrogen) atoms. The lowest BCUT2D eigenvalue weighted by Gasteiger charge is -2.10. The molecule has 0 saturated carbocycles. The molecule has 4 nitrogen and oxygen atoms in total. The highest BCUT2D eigenvalue weighted by Gasteiger charge is 2.15. The summed E-state index contributed by atoms with van der Waals surface area (Å²) in [5.74, 6) is -0.0630. The molecule has 1 heterocycles. The van der Waals surface area contributed by atoms with Crippen molar-refractivity contribution in [2.24, 2.45) is 5.73 Å². The van der Waals surface area contributed by atoms with Gasteiger partial charge in [0.05, 0.1) is 12.0 Å². The van der Waals surface area contributed by atoms with Gasteiger partial charge in [-0.1, -0.05) is 28.1 Å². The van der Waals surface area contributed by atoms with Crippen LogP contribution in [0.3, 0.4) is 0 Å². The standard InChI is InChI=1S/C13H11BrN2O2S/c1-7-4-5-18-11(7)13(17)16-10-6-8(14)2-3-9(10)12(15)19/h2-6H,1H3,(H2,15,19)(H,16,17). The normalized spacial score (nSPS) is 10.2. The second-order valence-electron chi connectivity index (χ2n) is 3.94. The maximum absolute atomic E-state index is 12.1. The number of carbonyl (C=O) groups excluding carboxylic acids is 1. The van der Waals surface area contributed by atoms with Crippen molar-refractivity contribution in [3.63, 3.8) is 0 Å². The van der Waals surface area contributed by atoms with Crippen molar-refractivity contribution in [2.45, 2.75) is 6.92 Å². The van der Waals surface area contributed by atoms with Crippen LogP contribution in [0.2, 0.25) is 0 Å². The Morgan fingerprint density at radius 3 is 2.74 bits per heavy atom. The van der Waals surface area contributed by atoms with Gasteiger partial charge in [0.15, 0.2) is 5.76 Å². The van der Waals surface area contributed by atoms with Crippen molar-refractivity contribution < 1.29 is 9.21 Å². The average molecular weight is 339 g/mol. The zero-order valence-electron chi connectivity index (χ0n) is 10.1. The number of nitrogens with two attached hydrogens (primary N) is 1. The minimum absolute atomic E-state index is 0.221. The highest BCUT2D eigenvalue weighted by Crippen LogP contribution is 2.22. The molecular weight excluding hydrogens is 328 g/mol. The van der Waals surface area contributed by atoms with Gasteiger partial charge in [-0.2, -0.15) is 0 Å². The first kappa shape index (κ1) is 13.8. The van der Waals surface area contributed by atoms with E-state index in [0.717, 1.165) is 10.0 Å². The predicted molar refractivity (Wildman–Crippen MR) is 81.4 cm³/mol. The lowest BCUT2D eigenvalue weighted by atomic mass is 10.1. The topological polar surface area (TPSA) is 68.3 Å². The fraction of sp³-hybridized carbons (Fsp3) is 0.0769. The number of anilines is 1.